The third-order valence-electron chi connectivity index (χ3n) is 2.35. The van der Waals surface area contributed by atoms with Gasteiger partial charge in [0.2, 0.25) is 0 Å². The lowest BCUT2D eigenvalue weighted by molar-refractivity contribution is 0.174. The van der Waals surface area contributed by atoms with Crippen LogP contribution in [0.15, 0.2) is 30.5 Å². The molecule has 0 aliphatic heterocycles. The van der Waals surface area contributed by atoms with E-state index in [0.29, 0.717) is 0 Å². The highest BCUT2D eigenvalue weighted by atomic mass is 16.3. The predicted molar refractivity (Wildman–Crippen MR) is 53.5 cm³/mol. The van der Waals surface area contributed by atoms with Crippen molar-refractivity contribution in [2.45, 2.75) is 19.4 Å². The Morgan fingerprint density at radius 1 is 1.38 bits per heavy atom. The summed E-state index contributed by atoms with van der Waals surface area (Å²) < 4.78 is 0. The monoisotopic (exact) mass is 175 g/mol. The lowest BCUT2D eigenvalue weighted by atomic mass is 10.1. The zero-order valence-corrected chi connectivity index (χ0v) is 7.62. The molecule has 2 rings (SSSR count). The van der Waals surface area contributed by atoms with Crippen molar-refractivity contribution in [2.75, 3.05) is 0 Å². The number of fused-ring (bicyclic) bond motifs is 1. The Bertz CT molecular complexity index is 405. The highest BCUT2D eigenvalue weighted by molar-refractivity contribution is 5.79. The normalized spacial score (nSPS) is 13.4. The van der Waals surface area contributed by atoms with Crippen molar-refractivity contribution in [3.05, 3.63) is 36.0 Å². The molecule has 1 atom stereocenters. The van der Waals surface area contributed by atoms with Crippen LogP contribution in [-0.4, -0.2) is 10.1 Å². The highest BCUT2D eigenvalue weighted by Crippen LogP contribution is 2.21. The molecule has 13 heavy (non-hydrogen) atoms. The van der Waals surface area contributed by atoms with Crippen molar-refractivity contribution in [1.29, 1.82) is 0 Å². The summed E-state index contributed by atoms with van der Waals surface area (Å²) in [6, 6.07) is 8.01. The van der Waals surface area contributed by atoms with Gasteiger partial charge in [0.05, 0.1) is 6.10 Å². The summed E-state index contributed by atoms with van der Waals surface area (Å²) in [7, 11) is 0. The second-order valence-electron chi connectivity index (χ2n) is 3.25. The van der Waals surface area contributed by atoms with Crippen LogP contribution in [0.1, 0.15) is 25.0 Å². The molecule has 0 bridgehead atoms. The summed E-state index contributed by atoms with van der Waals surface area (Å²) in [5.41, 5.74) is 2.11. The summed E-state index contributed by atoms with van der Waals surface area (Å²) in [5.74, 6) is 0. The maximum absolute atomic E-state index is 9.62. The van der Waals surface area contributed by atoms with E-state index in [2.05, 4.69) is 4.98 Å². The molecule has 0 amide bonds. The fraction of sp³-hybridized carbons (Fsp3) is 0.273. The summed E-state index contributed by atoms with van der Waals surface area (Å²) in [6.45, 7) is 1.98. The van der Waals surface area contributed by atoms with E-state index in [4.69, 9.17) is 0 Å². The average Bonchev–Trinajstić information content (AvgIpc) is 2.63. The first-order valence-electron chi connectivity index (χ1n) is 4.56. The van der Waals surface area contributed by atoms with E-state index >= 15 is 0 Å². The van der Waals surface area contributed by atoms with Crippen LogP contribution in [0.2, 0.25) is 0 Å². The van der Waals surface area contributed by atoms with Crippen LogP contribution in [-0.2, 0) is 0 Å². The van der Waals surface area contributed by atoms with E-state index in [1.54, 1.807) is 0 Å². The molecule has 0 aliphatic rings. The maximum Gasteiger partial charge on any atom is 0.0787 e. The third-order valence-corrected chi connectivity index (χ3v) is 2.35. The molecule has 1 aromatic heterocycles. The topological polar surface area (TPSA) is 36.0 Å². The number of benzene rings is 1. The number of aliphatic hydroxyl groups excluding tert-OH is 1. The van der Waals surface area contributed by atoms with Crippen molar-refractivity contribution < 1.29 is 5.11 Å². The molecule has 1 heterocycles. The second-order valence-corrected chi connectivity index (χ2v) is 3.25. The van der Waals surface area contributed by atoms with Crippen LogP contribution in [0.3, 0.4) is 0 Å². The molecule has 2 aromatic rings. The van der Waals surface area contributed by atoms with Crippen LogP contribution in [0, 0.1) is 0 Å². The molecule has 0 saturated carbocycles. The Morgan fingerprint density at radius 3 is 3.00 bits per heavy atom. The number of aromatic amines is 1. The number of aliphatic hydroxyl groups is 1. The number of nitrogens with one attached hydrogen (secondary N) is 1. The van der Waals surface area contributed by atoms with E-state index in [0.717, 1.165) is 22.9 Å². The fourth-order valence-electron chi connectivity index (χ4n) is 1.51. The first-order valence-corrected chi connectivity index (χ1v) is 4.56. The quantitative estimate of drug-likeness (QED) is 0.723. The van der Waals surface area contributed by atoms with Gasteiger partial charge in [-0.05, 0) is 35.6 Å². The highest BCUT2D eigenvalue weighted by Gasteiger charge is 2.04. The largest absolute Gasteiger partial charge is 0.388 e. The minimum Gasteiger partial charge on any atom is -0.388 e. The number of rotatable bonds is 2. The molecule has 0 saturated heterocycles. The van der Waals surface area contributed by atoms with Crippen molar-refractivity contribution in [3.63, 3.8) is 0 Å². The number of aromatic nitrogens is 1. The van der Waals surface area contributed by atoms with Gasteiger partial charge in [0.1, 0.15) is 0 Å². The minimum atomic E-state index is -0.334. The predicted octanol–water partition coefficient (Wildman–Crippen LogP) is 2.61. The van der Waals surface area contributed by atoms with Crippen LogP contribution in [0.25, 0.3) is 10.9 Å². The lowest BCUT2D eigenvalue weighted by Crippen LogP contribution is -1.93. The summed E-state index contributed by atoms with van der Waals surface area (Å²) in [4.78, 5) is 3.12. The molecular weight excluding hydrogens is 162 g/mol. The van der Waals surface area contributed by atoms with Gasteiger partial charge in [0.25, 0.3) is 0 Å². The maximum atomic E-state index is 9.62. The van der Waals surface area contributed by atoms with Gasteiger partial charge in [0, 0.05) is 11.7 Å². The SMILES string of the molecule is CCC(O)c1ccc2[nH]ccc2c1. The molecule has 68 valence electrons. The summed E-state index contributed by atoms with van der Waals surface area (Å²) >= 11 is 0. The molecule has 0 spiro atoms. The molecule has 0 aliphatic carbocycles. The second kappa shape index (κ2) is 3.23. The van der Waals surface area contributed by atoms with Crippen molar-refractivity contribution in [1.82, 2.24) is 4.98 Å². The van der Waals surface area contributed by atoms with Gasteiger partial charge in [-0.2, -0.15) is 0 Å². The number of hydrogen-bond acceptors (Lipinski definition) is 1. The Hall–Kier alpha value is -1.28. The third kappa shape index (κ3) is 1.45. The van der Waals surface area contributed by atoms with Gasteiger partial charge in [-0.3, -0.25) is 0 Å². The lowest BCUT2D eigenvalue weighted by Gasteiger charge is -2.07. The van der Waals surface area contributed by atoms with Crippen LogP contribution < -0.4 is 0 Å². The van der Waals surface area contributed by atoms with Crippen LogP contribution >= 0.6 is 0 Å². The number of H-pyrrole nitrogens is 1. The molecule has 2 N–H and O–H groups in total. The number of hydrogen-bond donors (Lipinski definition) is 2. The molecule has 2 heteroatoms. The first-order chi connectivity index (χ1) is 6.31. The van der Waals surface area contributed by atoms with E-state index < -0.39 is 0 Å². The van der Waals surface area contributed by atoms with Crippen LogP contribution in [0.5, 0.6) is 0 Å². The van der Waals surface area contributed by atoms with Crippen molar-refractivity contribution in [3.8, 4) is 0 Å². The zero-order chi connectivity index (χ0) is 9.26. The summed E-state index contributed by atoms with van der Waals surface area (Å²) in [6.07, 6.45) is 2.34. The smallest absolute Gasteiger partial charge is 0.0787 e. The molecular formula is C11H13NO. The average molecular weight is 175 g/mol. The standard InChI is InChI=1S/C11H13NO/c1-2-11(13)9-3-4-10-8(7-9)5-6-12-10/h3-7,11-13H,2H2,1H3. The Balaban J connectivity index is 2.48. The van der Waals surface area contributed by atoms with E-state index in [1.165, 1.54) is 0 Å². The van der Waals surface area contributed by atoms with Gasteiger partial charge in [-0.25, -0.2) is 0 Å². The first kappa shape index (κ1) is 8.32. The van der Waals surface area contributed by atoms with Gasteiger partial charge in [0.15, 0.2) is 0 Å². The Labute approximate surface area is 77.2 Å². The van der Waals surface area contributed by atoms with Gasteiger partial charge >= 0.3 is 0 Å². The van der Waals surface area contributed by atoms with Crippen LogP contribution in [0.4, 0.5) is 0 Å². The van der Waals surface area contributed by atoms with Crippen molar-refractivity contribution in [2.24, 2.45) is 0 Å². The Kier molecular flexibility index (Phi) is 2.07. The molecule has 1 unspecified atom stereocenters. The van der Waals surface area contributed by atoms with Crippen molar-refractivity contribution >= 4 is 10.9 Å². The van der Waals surface area contributed by atoms with Gasteiger partial charge in [-0.1, -0.05) is 13.0 Å². The zero-order valence-electron chi connectivity index (χ0n) is 7.62. The minimum absolute atomic E-state index is 0.334. The fourth-order valence-corrected chi connectivity index (χ4v) is 1.51. The van der Waals surface area contributed by atoms with E-state index in [9.17, 15) is 5.11 Å². The molecule has 0 fully saturated rings. The summed E-state index contributed by atoms with van der Waals surface area (Å²) in [5, 5.41) is 10.8. The molecule has 2 nitrogen and oxygen atoms in total. The Morgan fingerprint density at radius 2 is 2.23 bits per heavy atom. The molecule has 0 radical (unpaired) electrons. The van der Waals surface area contributed by atoms with E-state index in [1.807, 2.05) is 37.4 Å². The molecule has 1 aromatic carbocycles. The van der Waals surface area contributed by atoms with Gasteiger partial charge in [-0.15, -0.1) is 0 Å². The van der Waals surface area contributed by atoms with Gasteiger partial charge < -0.3 is 10.1 Å². The van der Waals surface area contributed by atoms with E-state index in [-0.39, 0.29) is 6.10 Å².